The molecule has 6 nitrogen and oxygen atoms in total. The number of sulfonamides is 1. The molecule has 0 radical (unpaired) electrons. The Morgan fingerprint density at radius 3 is 2.78 bits per heavy atom. The summed E-state index contributed by atoms with van der Waals surface area (Å²) in [7, 11) is -3.67. The average molecular weight is 332 g/mol. The first kappa shape index (κ1) is 13.1. The number of nitrogen functional groups attached to an aromatic ring is 1. The first-order chi connectivity index (χ1) is 8.49. The van der Waals surface area contributed by atoms with Crippen LogP contribution >= 0.6 is 15.9 Å². The molecule has 1 aromatic heterocycles. The van der Waals surface area contributed by atoms with E-state index < -0.39 is 10.0 Å². The first-order valence-corrected chi connectivity index (χ1v) is 7.21. The van der Waals surface area contributed by atoms with Crippen LogP contribution < -0.4 is 10.5 Å². The SMILES string of the molecule is Nc1cc(Br)ccc1S(=O)(=O)NCc1ccno1. The number of rotatable bonds is 4. The van der Waals surface area contributed by atoms with Gasteiger partial charge in [-0.05, 0) is 18.2 Å². The number of halogens is 1. The number of aromatic nitrogens is 1. The molecule has 0 spiro atoms. The van der Waals surface area contributed by atoms with Crippen molar-refractivity contribution >= 4 is 31.6 Å². The zero-order valence-electron chi connectivity index (χ0n) is 9.13. The quantitative estimate of drug-likeness (QED) is 0.827. The lowest BCUT2D eigenvalue weighted by Crippen LogP contribution is -2.23. The molecule has 2 aromatic rings. The third-order valence-electron chi connectivity index (χ3n) is 2.19. The largest absolute Gasteiger partial charge is 0.398 e. The van der Waals surface area contributed by atoms with Gasteiger partial charge >= 0.3 is 0 Å². The smallest absolute Gasteiger partial charge is 0.243 e. The molecular formula is C10H10BrN3O3S. The number of nitrogens with two attached hydrogens (primary N) is 1. The molecule has 0 aliphatic rings. The van der Waals surface area contributed by atoms with Crippen LogP contribution in [-0.4, -0.2) is 13.6 Å². The molecule has 1 aromatic carbocycles. The number of hydrogen-bond donors (Lipinski definition) is 2. The summed E-state index contributed by atoms with van der Waals surface area (Å²) in [5.74, 6) is 0.425. The lowest BCUT2D eigenvalue weighted by molar-refractivity contribution is 0.380. The van der Waals surface area contributed by atoms with Crippen LogP contribution in [0.3, 0.4) is 0 Å². The van der Waals surface area contributed by atoms with Crippen molar-refractivity contribution in [3.8, 4) is 0 Å². The van der Waals surface area contributed by atoms with E-state index in [1.54, 1.807) is 12.1 Å². The summed E-state index contributed by atoms with van der Waals surface area (Å²) in [6.45, 7) is 0.0256. The van der Waals surface area contributed by atoms with Crippen molar-refractivity contribution < 1.29 is 12.9 Å². The third kappa shape index (κ3) is 2.89. The topological polar surface area (TPSA) is 98.2 Å². The van der Waals surface area contributed by atoms with E-state index in [2.05, 4.69) is 25.8 Å². The Balaban J connectivity index is 2.20. The highest BCUT2D eigenvalue weighted by Gasteiger charge is 2.17. The van der Waals surface area contributed by atoms with Crippen LogP contribution in [0.4, 0.5) is 5.69 Å². The molecule has 0 unspecified atom stereocenters. The highest BCUT2D eigenvalue weighted by molar-refractivity contribution is 9.10. The van der Waals surface area contributed by atoms with E-state index in [0.717, 1.165) is 0 Å². The second-order valence-corrected chi connectivity index (χ2v) is 6.14. The van der Waals surface area contributed by atoms with Crippen LogP contribution in [0.1, 0.15) is 5.76 Å². The van der Waals surface area contributed by atoms with E-state index in [1.165, 1.54) is 18.3 Å². The molecule has 2 rings (SSSR count). The molecule has 0 atom stereocenters. The molecule has 0 saturated carbocycles. The number of hydrogen-bond acceptors (Lipinski definition) is 5. The molecule has 0 amide bonds. The number of benzene rings is 1. The summed E-state index contributed by atoms with van der Waals surface area (Å²) >= 11 is 3.22. The summed E-state index contributed by atoms with van der Waals surface area (Å²) in [4.78, 5) is 0.0326. The maximum Gasteiger partial charge on any atom is 0.243 e. The molecule has 0 bridgehead atoms. The Morgan fingerprint density at radius 2 is 2.17 bits per heavy atom. The lowest BCUT2D eigenvalue weighted by atomic mass is 10.3. The normalized spacial score (nSPS) is 11.6. The number of anilines is 1. The maximum atomic E-state index is 12.0. The summed E-state index contributed by atoms with van der Waals surface area (Å²) in [5, 5.41) is 3.48. The van der Waals surface area contributed by atoms with Crippen molar-refractivity contribution in [2.45, 2.75) is 11.4 Å². The van der Waals surface area contributed by atoms with Crippen molar-refractivity contribution in [2.24, 2.45) is 0 Å². The van der Waals surface area contributed by atoms with Crippen LogP contribution in [0.15, 0.2) is 44.4 Å². The fourth-order valence-corrected chi connectivity index (χ4v) is 2.82. The zero-order chi connectivity index (χ0) is 13.2. The van der Waals surface area contributed by atoms with Crippen LogP contribution in [0.5, 0.6) is 0 Å². The minimum Gasteiger partial charge on any atom is -0.398 e. The second kappa shape index (κ2) is 5.09. The van der Waals surface area contributed by atoms with Crippen LogP contribution in [0.25, 0.3) is 0 Å². The van der Waals surface area contributed by atoms with Gasteiger partial charge in [-0.25, -0.2) is 13.1 Å². The summed E-state index contributed by atoms with van der Waals surface area (Å²) in [5.41, 5.74) is 5.85. The standard InChI is InChI=1S/C10H10BrN3O3S/c11-7-1-2-10(9(12)5-7)18(15,16)14-6-8-3-4-13-17-8/h1-5,14H,6,12H2. The molecule has 18 heavy (non-hydrogen) atoms. The summed E-state index contributed by atoms with van der Waals surface area (Å²) in [6, 6.07) is 6.15. The molecule has 1 heterocycles. The van der Waals surface area contributed by atoms with Crippen LogP contribution in [-0.2, 0) is 16.6 Å². The zero-order valence-corrected chi connectivity index (χ0v) is 11.5. The van der Waals surface area contributed by atoms with Gasteiger partial charge in [-0.15, -0.1) is 0 Å². The van der Waals surface area contributed by atoms with Crippen molar-refractivity contribution in [3.63, 3.8) is 0 Å². The molecule has 8 heteroatoms. The van der Waals surface area contributed by atoms with E-state index in [1.807, 2.05) is 0 Å². The third-order valence-corrected chi connectivity index (χ3v) is 4.16. The number of nitrogens with one attached hydrogen (secondary N) is 1. The molecular weight excluding hydrogens is 322 g/mol. The minimum absolute atomic E-state index is 0.0256. The predicted molar refractivity (Wildman–Crippen MR) is 69.1 cm³/mol. The maximum absolute atomic E-state index is 12.0. The van der Waals surface area contributed by atoms with Gasteiger partial charge in [0.15, 0.2) is 5.76 Å². The second-order valence-electron chi connectivity index (χ2n) is 3.49. The van der Waals surface area contributed by atoms with Gasteiger partial charge in [0.25, 0.3) is 0 Å². The van der Waals surface area contributed by atoms with Gasteiger partial charge in [-0.2, -0.15) is 0 Å². The van der Waals surface area contributed by atoms with Crippen LogP contribution in [0, 0.1) is 0 Å². The molecule has 0 saturated heterocycles. The molecule has 0 aliphatic carbocycles. The van der Waals surface area contributed by atoms with Gasteiger partial charge in [0.1, 0.15) is 4.90 Å². The van der Waals surface area contributed by atoms with Crippen molar-refractivity contribution in [1.82, 2.24) is 9.88 Å². The minimum atomic E-state index is -3.67. The highest BCUT2D eigenvalue weighted by Crippen LogP contribution is 2.22. The molecule has 0 aliphatic heterocycles. The summed E-state index contributed by atoms with van der Waals surface area (Å²) in [6.07, 6.45) is 1.44. The van der Waals surface area contributed by atoms with E-state index in [-0.39, 0.29) is 17.1 Å². The van der Waals surface area contributed by atoms with E-state index >= 15 is 0 Å². The van der Waals surface area contributed by atoms with E-state index in [4.69, 9.17) is 10.3 Å². The molecule has 3 N–H and O–H groups in total. The Labute approximate surface area is 112 Å². The Bertz CT molecular complexity index is 640. The van der Waals surface area contributed by atoms with Crippen molar-refractivity contribution in [3.05, 3.63) is 40.7 Å². The lowest BCUT2D eigenvalue weighted by Gasteiger charge is -2.08. The van der Waals surface area contributed by atoms with Gasteiger partial charge in [0.05, 0.1) is 18.4 Å². The highest BCUT2D eigenvalue weighted by atomic mass is 79.9. The fourth-order valence-electron chi connectivity index (χ4n) is 1.34. The monoisotopic (exact) mass is 331 g/mol. The van der Waals surface area contributed by atoms with Gasteiger partial charge in [0, 0.05) is 10.5 Å². The Morgan fingerprint density at radius 1 is 1.39 bits per heavy atom. The van der Waals surface area contributed by atoms with Gasteiger partial charge < -0.3 is 10.3 Å². The van der Waals surface area contributed by atoms with Crippen molar-refractivity contribution in [1.29, 1.82) is 0 Å². The van der Waals surface area contributed by atoms with Gasteiger partial charge in [-0.1, -0.05) is 21.1 Å². The first-order valence-electron chi connectivity index (χ1n) is 4.93. The average Bonchev–Trinajstić information content (AvgIpc) is 2.78. The molecule has 0 fully saturated rings. The summed E-state index contributed by atoms with van der Waals surface area (Å²) < 4.78 is 31.9. The number of nitrogens with zero attached hydrogens (tertiary/aromatic N) is 1. The molecule has 96 valence electrons. The Hall–Kier alpha value is -1.38. The Kier molecular flexibility index (Phi) is 3.69. The predicted octanol–water partition coefficient (Wildman–Crippen LogP) is 1.50. The van der Waals surface area contributed by atoms with Gasteiger partial charge in [-0.3, -0.25) is 0 Å². The van der Waals surface area contributed by atoms with E-state index in [9.17, 15) is 8.42 Å². The van der Waals surface area contributed by atoms with Crippen molar-refractivity contribution in [2.75, 3.05) is 5.73 Å². The fraction of sp³-hybridized carbons (Fsp3) is 0.100. The van der Waals surface area contributed by atoms with Crippen LogP contribution in [0.2, 0.25) is 0 Å². The van der Waals surface area contributed by atoms with E-state index in [0.29, 0.717) is 10.2 Å². The van der Waals surface area contributed by atoms with Gasteiger partial charge in [0.2, 0.25) is 10.0 Å².